The molecule has 2 aromatic carbocycles. The Morgan fingerprint density at radius 1 is 0.745 bits per heavy atom. The predicted octanol–water partition coefficient (Wildman–Crippen LogP) is 5.02. The van der Waals surface area contributed by atoms with E-state index in [0.29, 0.717) is 6.42 Å². The quantitative estimate of drug-likeness (QED) is 0.136. The molecule has 0 bridgehead atoms. The molecule has 0 radical (unpaired) electrons. The van der Waals surface area contributed by atoms with Crippen molar-refractivity contribution in [3.05, 3.63) is 89.6 Å². The number of rotatable bonds is 14. The first-order valence-corrected chi connectivity index (χ1v) is 17.1. The number of nitrogens with zero attached hydrogens (tertiary/aromatic N) is 1. The van der Waals surface area contributed by atoms with Gasteiger partial charge in [-0.3, -0.25) is 14.6 Å². The molecular formula is C39H53N5O7. The molecule has 3 aromatic rings. The van der Waals surface area contributed by atoms with Gasteiger partial charge in [0.25, 0.3) is 0 Å². The molecule has 51 heavy (non-hydrogen) atoms. The summed E-state index contributed by atoms with van der Waals surface area (Å²) in [5.41, 5.74) is 3.05. The van der Waals surface area contributed by atoms with Crippen molar-refractivity contribution < 1.29 is 34.1 Å². The van der Waals surface area contributed by atoms with E-state index in [9.17, 15) is 29.4 Å². The van der Waals surface area contributed by atoms with E-state index in [1.165, 1.54) is 7.11 Å². The van der Waals surface area contributed by atoms with E-state index < -0.39 is 65.1 Å². The highest BCUT2D eigenvalue weighted by atomic mass is 16.5. The Bertz CT molecular complexity index is 1600. The van der Waals surface area contributed by atoms with Crippen LogP contribution in [0.5, 0.6) is 0 Å². The minimum atomic E-state index is -1.34. The largest absolute Gasteiger partial charge is 0.465 e. The van der Waals surface area contributed by atoms with Gasteiger partial charge in [-0.2, -0.15) is 0 Å². The van der Waals surface area contributed by atoms with E-state index >= 15 is 0 Å². The topological polar surface area (TPSA) is 179 Å². The van der Waals surface area contributed by atoms with Gasteiger partial charge in [0, 0.05) is 17.8 Å². The third-order valence-corrected chi connectivity index (χ3v) is 8.58. The molecule has 1 heterocycles. The second-order valence-corrected chi connectivity index (χ2v) is 15.1. The van der Waals surface area contributed by atoms with Gasteiger partial charge in [-0.05, 0) is 59.8 Å². The molecule has 0 spiro atoms. The van der Waals surface area contributed by atoms with Crippen LogP contribution in [0, 0.1) is 17.8 Å². The number of aliphatic hydroxyl groups excluding tert-OH is 1. The maximum absolute atomic E-state index is 13.8. The molecule has 3 rings (SSSR count). The predicted molar refractivity (Wildman–Crippen MR) is 196 cm³/mol. The first-order chi connectivity index (χ1) is 23.9. The van der Waals surface area contributed by atoms with Crippen molar-refractivity contribution in [2.45, 2.75) is 98.0 Å². The van der Waals surface area contributed by atoms with Crippen LogP contribution in [0.15, 0.2) is 72.9 Å². The number of pyridine rings is 1. The Balaban J connectivity index is 1.96. The molecule has 5 atom stereocenters. The number of ether oxygens (including phenoxy) is 1. The molecule has 0 aliphatic carbocycles. The molecule has 1 aromatic heterocycles. The summed E-state index contributed by atoms with van der Waals surface area (Å²) in [5, 5.41) is 32.2. The number of carbonyl (C=O) groups is 4. The molecule has 12 heteroatoms. The summed E-state index contributed by atoms with van der Waals surface area (Å²) in [6.07, 6.45) is -0.894. The molecule has 0 saturated carbocycles. The third-order valence-electron chi connectivity index (χ3n) is 8.58. The number of aryl methyl sites for hydroxylation is 1. The van der Waals surface area contributed by atoms with Gasteiger partial charge in [-0.25, -0.2) is 9.59 Å². The number of nitrogens with one attached hydrogen (secondary N) is 4. The highest BCUT2D eigenvalue weighted by molar-refractivity contribution is 5.87. The van der Waals surface area contributed by atoms with Crippen molar-refractivity contribution in [1.29, 1.82) is 0 Å². The number of hydrogen-bond acceptors (Lipinski definition) is 7. The lowest BCUT2D eigenvalue weighted by atomic mass is 9.85. The van der Waals surface area contributed by atoms with Crippen LogP contribution in [0.3, 0.4) is 0 Å². The van der Waals surface area contributed by atoms with Gasteiger partial charge in [-0.1, -0.05) is 102 Å². The molecule has 0 aliphatic rings. The fourth-order valence-electron chi connectivity index (χ4n) is 5.74. The molecule has 0 aliphatic heterocycles. The zero-order valence-electron chi connectivity index (χ0n) is 30.8. The van der Waals surface area contributed by atoms with Crippen LogP contribution in [0.2, 0.25) is 0 Å². The molecule has 12 nitrogen and oxygen atoms in total. The van der Waals surface area contributed by atoms with Gasteiger partial charge in [0.05, 0.1) is 24.9 Å². The zero-order chi connectivity index (χ0) is 37.9. The Morgan fingerprint density at radius 2 is 1.31 bits per heavy atom. The smallest absolute Gasteiger partial charge is 0.407 e. The lowest BCUT2D eigenvalue weighted by Crippen LogP contribution is -2.58. The Labute approximate surface area is 300 Å². The van der Waals surface area contributed by atoms with E-state index in [2.05, 4.69) is 26.3 Å². The van der Waals surface area contributed by atoms with Crippen molar-refractivity contribution in [3.8, 4) is 11.3 Å². The number of carboxylic acid groups (broad SMARTS) is 1. The summed E-state index contributed by atoms with van der Waals surface area (Å²) in [6, 6.07) is 17.4. The standard InChI is InChI=1S/C39H53N5O7/c1-24-14-19-29(40-23-24)27-17-15-26(16-18-27)20-28(41-34(46)33(39(5,6)7)44-37(50)51-8)22-31(45)30(21-25-12-10-9-11-13-25)42-35(47)32(38(2,3)4)43-36(48)49/h9-19,23,28,30-33,43,45H,20-22H2,1-8H3,(H,41,46)(H,42,47)(H,44,50)(H,48,49)/t28-,30-,31-,32+,33+/m0/s1. The third kappa shape index (κ3) is 12.7. The van der Waals surface area contributed by atoms with Gasteiger partial charge in [0.15, 0.2) is 0 Å². The lowest BCUT2D eigenvalue weighted by Gasteiger charge is -2.34. The van der Waals surface area contributed by atoms with Crippen molar-refractivity contribution in [3.63, 3.8) is 0 Å². The highest BCUT2D eigenvalue weighted by Crippen LogP contribution is 2.24. The molecule has 4 amide bonds. The van der Waals surface area contributed by atoms with E-state index in [-0.39, 0.29) is 12.8 Å². The molecule has 0 unspecified atom stereocenters. The first kappa shape index (κ1) is 40.5. The summed E-state index contributed by atoms with van der Waals surface area (Å²) in [6.45, 7) is 12.7. The van der Waals surface area contributed by atoms with Crippen molar-refractivity contribution in [1.82, 2.24) is 26.3 Å². The van der Waals surface area contributed by atoms with Crippen LogP contribution in [0.25, 0.3) is 11.3 Å². The number of carbonyl (C=O) groups excluding carboxylic acids is 3. The molecule has 6 N–H and O–H groups in total. The highest BCUT2D eigenvalue weighted by Gasteiger charge is 2.37. The average molecular weight is 704 g/mol. The maximum atomic E-state index is 13.8. The van der Waals surface area contributed by atoms with E-state index in [0.717, 1.165) is 27.9 Å². The average Bonchev–Trinajstić information content (AvgIpc) is 3.05. The fourth-order valence-corrected chi connectivity index (χ4v) is 5.74. The first-order valence-electron chi connectivity index (χ1n) is 17.1. The van der Waals surface area contributed by atoms with Crippen LogP contribution < -0.4 is 21.3 Å². The summed E-state index contributed by atoms with van der Waals surface area (Å²) < 4.78 is 4.78. The van der Waals surface area contributed by atoms with Crippen LogP contribution in [-0.4, -0.2) is 76.6 Å². The Hall–Kier alpha value is -4.97. The van der Waals surface area contributed by atoms with Gasteiger partial charge in [-0.15, -0.1) is 0 Å². The van der Waals surface area contributed by atoms with Crippen molar-refractivity contribution in [2.24, 2.45) is 10.8 Å². The second-order valence-electron chi connectivity index (χ2n) is 15.1. The molecule has 0 saturated heterocycles. The molecule has 276 valence electrons. The van der Waals surface area contributed by atoms with Crippen LogP contribution >= 0.6 is 0 Å². The minimum absolute atomic E-state index is 0.0203. The summed E-state index contributed by atoms with van der Waals surface area (Å²) in [5.74, 6) is -1.05. The normalized spacial score (nSPS) is 14.6. The minimum Gasteiger partial charge on any atom is -0.465 e. The second kappa shape index (κ2) is 17.8. The number of amides is 4. The van der Waals surface area contributed by atoms with Crippen LogP contribution in [0.1, 0.15) is 64.7 Å². The summed E-state index contributed by atoms with van der Waals surface area (Å²) >= 11 is 0. The monoisotopic (exact) mass is 703 g/mol. The van der Waals surface area contributed by atoms with Gasteiger partial charge in [0.1, 0.15) is 12.1 Å². The number of benzene rings is 2. The fraction of sp³-hybridized carbons (Fsp3) is 0.462. The molecular weight excluding hydrogens is 650 g/mol. The number of aliphatic hydroxyl groups is 1. The molecule has 0 fully saturated rings. The van der Waals surface area contributed by atoms with Gasteiger partial charge in [0.2, 0.25) is 11.8 Å². The number of aromatic nitrogens is 1. The van der Waals surface area contributed by atoms with Gasteiger partial charge < -0.3 is 36.2 Å². The zero-order valence-corrected chi connectivity index (χ0v) is 30.8. The van der Waals surface area contributed by atoms with E-state index in [1.807, 2.05) is 94.4 Å². The summed E-state index contributed by atoms with van der Waals surface area (Å²) in [7, 11) is 1.22. The van der Waals surface area contributed by atoms with Gasteiger partial charge >= 0.3 is 12.2 Å². The Morgan fingerprint density at radius 3 is 1.84 bits per heavy atom. The Kier molecular flexibility index (Phi) is 14.1. The summed E-state index contributed by atoms with van der Waals surface area (Å²) in [4.78, 5) is 55.8. The van der Waals surface area contributed by atoms with Crippen molar-refractivity contribution in [2.75, 3.05) is 7.11 Å². The SMILES string of the molecule is COC(=O)N[C@H](C(=O)N[C@@H](Cc1ccc(-c2ccc(C)cn2)cc1)C[C@H](O)[C@H](Cc1ccccc1)NC(=O)[C@@H](NC(=O)O)C(C)(C)C)C(C)(C)C. The van der Waals surface area contributed by atoms with E-state index in [4.69, 9.17) is 4.74 Å². The van der Waals surface area contributed by atoms with Crippen molar-refractivity contribution >= 4 is 24.0 Å². The van der Waals surface area contributed by atoms with Crippen LogP contribution in [0.4, 0.5) is 9.59 Å². The maximum Gasteiger partial charge on any atom is 0.407 e. The van der Waals surface area contributed by atoms with E-state index in [1.54, 1.807) is 27.0 Å². The number of alkyl carbamates (subject to hydrolysis) is 1. The van der Waals surface area contributed by atoms with Crippen LogP contribution in [-0.2, 0) is 27.2 Å². The number of methoxy groups -OCH3 is 1. The lowest BCUT2D eigenvalue weighted by molar-refractivity contribution is -0.128. The number of hydrogen-bond donors (Lipinski definition) is 6.